The minimum Gasteiger partial charge on any atom is -0.482 e. The number of hydrogen-bond acceptors (Lipinski definition) is 5. The van der Waals surface area contributed by atoms with E-state index in [2.05, 4.69) is 10.2 Å². The average Bonchev–Trinajstić information content (AvgIpc) is 2.94. The lowest BCUT2D eigenvalue weighted by atomic mass is 10.0. The van der Waals surface area contributed by atoms with Crippen molar-refractivity contribution in [3.05, 3.63) is 101 Å². The van der Waals surface area contributed by atoms with E-state index >= 15 is 0 Å². The summed E-state index contributed by atoms with van der Waals surface area (Å²) < 4.78 is 11.2. The van der Waals surface area contributed by atoms with Crippen molar-refractivity contribution in [2.24, 2.45) is 0 Å². The fourth-order valence-corrected chi connectivity index (χ4v) is 4.44. The number of halogens is 1. The van der Waals surface area contributed by atoms with Crippen LogP contribution in [0.3, 0.4) is 0 Å². The summed E-state index contributed by atoms with van der Waals surface area (Å²) in [5, 5.41) is 3.48. The maximum absolute atomic E-state index is 13.6. The van der Waals surface area contributed by atoms with Crippen LogP contribution in [0.5, 0.6) is 5.75 Å². The van der Waals surface area contributed by atoms with Crippen LogP contribution in [0.15, 0.2) is 84.9 Å². The molecule has 1 aliphatic heterocycles. The van der Waals surface area contributed by atoms with E-state index in [0.29, 0.717) is 30.5 Å². The molecule has 194 valence electrons. The molecule has 37 heavy (non-hydrogen) atoms. The summed E-state index contributed by atoms with van der Waals surface area (Å²) in [6, 6.07) is 25.2. The van der Waals surface area contributed by atoms with Gasteiger partial charge in [0, 0.05) is 32.7 Å². The van der Waals surface area contributed by atoms with E-state index in [1.807, 2.05) is 60.7 Å². The highest BCUT2D eigenvalue weighted by molar-refractivity contribution is 6.32. The Bertz CT molecular complexity index is 1140. The topological polar surface area (TPSA) is 71.1 Å². The number of benzene rings is 3. The molecule has 2 amide bonds. The average molecular weight is 522 g/mol. The molecule has 0 aliphatic carbocycles. The fourth-order valence-electron chi connectivity index (χ4n) is 4.25. The predicted octanol–water partition coefficient (Wildman–Crippen LogP) is 3.94. The number of amides is 2. The summed E-state index contributed by atoms with van der Waals surface area (Å²) >= 11 is 6.22. The lowest BCUT2D eigenvalue weighted by molar-refractivity contribution is -0.143. The number of carbonyl (C=O) groups excluding carboxylic acids is 2. The molecular formula is C29H32ClN3O4. The van der Waals surface area contributed by atoms with Crippen LogP contribution < -0.4 is 10.1 Å². The van der Waals surface area contributed by atoms with Crippen molar-refractivity contribution in [1.29, 1.82) is 0 Å². The Balaban J connectivity index is 1.55. The minimum absolute atomic E-state index is 0.235. The summed E-state index contributed by atoms with van der Waals surface area (Å²) in [6.07, 6.45) is 0. The van der Waals surface area contributed by atoms with Gasteiger partial charge in [0.05, 0.1) is 18.2 Å². The zero-order valence-corrected chi connectivity index (χ0v) is 21.5. The Hall–Kier alpha value is -3.39. The fraction of sp³-hybridized carbons (Fsp3) is 0.310. The summed E-state index contributed by atoms with van der Waals surface area (Å²) in [4.78, 5) is 31.1. The van der Waals surface area contributed by atoms with Gasteiger partial charge < -0.3 is 19.7 Å². The summed E-state index contributed by atoms with van der Waals surface area (Å²) in [6.45, 7) is 4.29. The summed E-state index contributed by atoms with van der Waals surface area (Å²) in [5.41, 5.74) is 1.64. The van der Waals surface area contributed by atoms with Gasteiger partial charge in [-0.15, -0.1) is 0 Å². The first kappa shape index (κ1) is 26.7. The van der Waals surface area contributed by atoms with Crippen LogP contribution in [-0.4, -0.2) is 67.6 Å². The zero-order valence-electron chi connectivity index (χ0n) is 20.7. The molecule has 1 aliphatic rings. The number of para-hydroxylation sites is 1. The van der Waals surface area contributed by atoms with Crippen LogP contribution in [-0.2, 0) is 20.9 Å². The highest BCUT2D eigenvalue weighted by Gasteiger charge is 2.32. The predicted molar refractivity (Wildman–Crippen MR) is 143 cm³/mol. The van der Waals surface area contributed by atoms with Crippen LogP contribution in [0.25, 0.3) is 0 Å². The number of nitrogens with one attached hydrogen (secondary N) is 1. The van der Waals surface area contributed by atoms with Crippen LogP contribution in [0.1, 0.15) is 17.2 Å². The Labute approximate surface area is 222 Å². The van der Waals surface area contributed by atoms with E-state index in [1.165, 1.54) is 0 Å². The first-order chi connectivity index (χ1) is 18.1. The number of carbonyl (C=O) groups is 2. The first-order valence-corrected chi connectivity index (χ1v) is 12.8. The van der Waals surface area contributed by atoms with E-state index in [9.17, 15) is 9.59 Å². The molecule has 1 N–H and O–H groups in total. The van der Waals surface area contributed by atoms with Crippen molar-refractivity contribution in [2.45, 2.75) is 12.6 Å². The maximum atomic E-state index is 13.6. The molecule has 7 nitrogen and oxygen atoms in total. The van der Waals surface area contributed by atoms with Crippen molar-refractivity contribution in [2.75, 3.05) is 46.0 Å². The molecule has 3 aromatic carbocycles. The SMILES string of the molecule is O=C(NCCN1CCOCC1)[C@H](c1ccccc1)N(Cc1ccccc1)C(=O)COc1ccccc1Cl. The molecule has 3 aromatic rings. The Morgan fingerprint density at radius 1 is 0.946 bits per heavy atom. The van der Waals surface area contributed by atoms with Gasteiger partial charge in [-0.25, -0.2) is 0 Å². The largest absolute Gasteiger partial charge is 0.482 e. The number of rotatable bonds is 11. The molecule has 0 spiro atoms. The second-order valence-electron chi connectivity index (χ2n) is 8.78. The van der Waals surface area contributed by atoms with Crippen LogP contribution in [0.2, 0.25) is 5.02 Å². The second-order valence-corrected chi connectivity index (χ2v) is 9.19. The third-order valence-electron chi connectivity index (χ3n) is 6.21. The molecule has 8 heteroatoms. The van der Waals surface area contributed by atoms with E-state index in [4.69, 9.17) is 21.1 Å². The number of morpholine rings is 1. The Morgan fingerprint density at radius 3 is 2.30 bits per heavy atom. The molecule has 0 unspecified atom stereocenters. The lowest BCUT2D eigenvalue weighted by Crippen LogP contribution is -2.47. The molecule has 0 radical (unpaired) electrons. The van der Waals surface area contributed by atoms with Gasteiger partial charge >= 0.3 is 0 Å². The van der Waals surface area contributed by atoms with Crippen molar-refractivity contribution >= 4 is 23.4 Å². The van der Waals surface area contributed by atoms with Gasteiger partial charge in [-0.05, 0) is 23.3 Å². The van der Waals surface area contributed by atoms with E-state index in [-0.39, 0.29) is 25.0 Å². The molecule has 1 fully saturated rings. The lowest BCUT2D eigenvalue weighted by Gasteiger charge is -2.32. The molecule has 1 atom stereocenters. The maximum Gasteiger partial charge on any atom is 0.261 e. The van der Waals surface area contributed by atoms with E-state index < -0.39 is 6.04 Å². The Kier molecular flexibility index (Phi) is 9.94. The zero-order chi connectivity index (χ0) is 25.9. The van der Waals surface area contributed by atoms with Gasteiger partial charge in [-0.1, -0.05) is 84.4 Å². The van der Waals surface area contributed by atoms with Gasteiger partial charge in [-0.2, -0.15) is 0 Å². The van der Waals surface area contributed by atoms with Gasteiger partial charge in [-0.3, -0.25) is 14.5 Å². The third-order valence-corrected chi connectivity index (χ3v) is 6.52. The molecule has 0 bridgehead atoms. The molecule has 1 saturated heterocycles. The van der Waals surface area contributed by atoms with Crippen molar-refractivity contribution in [3.8, 4) is 5.75 Å². The highest BCUT2D eigenvalue weighted by atomic mass is 35.5. The monoisotopic (exact) mass is 521 g/mol. The minimum atomic E-state index is -0.826. The summed E-state index contributed by atoms with van der Waals surface area (Å²) in [7, 11) is 0. The van der Waals surface area contributed by atoms with Gasteiger partial charge in [0.1, 0.15) is 11.8 Å². The number of nitrogens with zero attached hydrogens (tertiary/aromatic N) is 2. The first-order valence-electron chi connectivity index (χ1n) is 12.5. The van der Waals surface area contributed by atoms with E-state index in [1.54, 1.807) is 29.2 Å². The smallest absolute Gasteiger partial charge is 0.261 e. The molecule has 0 saturated carbocycles. The number of ether oxygens (including phenoxy) is 2. The number of hydrogen-bond donors (Lipinski definition) is 1. The second kappa shape index (κ2) is 13.8. The molecular weight excluding hydrogens is 490 g/mol. The normalized spacial score (nSPS) is 14.5. The molecule has 1 heterocycles. The highest BCUT2D eigenvalue weighted by Crippen LogP contribution is 2.26. The van der Waals surface area contributed by atoms with Crippen LogP contribution in [0.4, 0.5) is 0 Å². The van der Waals surface area contributed by atoms with Gasteiger partial charge in [0.25, 0.3) is 5.91 Å². The van der Waals surface area contributed by atoms with Crippen molar-refractivity contribution in [3.63, 3.8) is 0 Å². The van der Waals surface area contributed by atoms with Crippen LogP contribution >= 0.6 is 11.6 Å². The van der Waals surface area contributed by atoms with Crippen molar-refractivity contribution in [1.82, 2.24) is 15.1 Å². The molecule has 4 rings (SSSR count). The molecule has 0 aromatic heterocycles. The Morgan fingerprint density at radius 2 is 1.59 bits per heavy atom. The third kappa shape index (κ3) is 7.79. The quantitative estimate of drug-likeness (QED) is 0.414. The summed E-state index contributed by atoms with van der Waals surface area (Å²) in [5.74, 6) is -0.133. The standard InChI is InChI=1S/C29H32ClN3O4/c30-25-13-7-8-14-26(25)37-22-27(34)33(21-23-9-3-1-4-10-23)28(24-11-5-2-6-12-24)29(35)31-15-16-32-17-19-36-20-18-32/h1-14,28H,15-22H2,(H,31,35)/t28-/m0/s1. The van der Waals surface area contributed by atoms with Gasteiger partial charge in [0.2, 0.25) is 5.91 Å². The van der Waals surface area contributed by atoms with Crippen molar-refractivity contribution < 1.29 is 19.1 Å². The van der Waals surface area contributed by atoms with Gasteiger partial charge in [0.15, 0.2) is 6.61 Å². The van der Waals surface area contributed by atoms with Crippen LogP contribution in [0, 0.1) is 0 Å². The van der Waals surface area contributed by atoms with E-state index in [0.717, 1.165) is 30.8 Å².